The molecule has 0 unspecified atom stereocenters. The van der Waals surface area contributed by atoms with Crippen molar-refractivity contribution in [3.63, 3.8) is 0 Å². The molecule has 0 bridgehead atoms. The highest BCUT2D eigenvalue weighted by Crippen LogP contribution is 2.34. The van der Waals surface area contributed by atoms with Crippen LogP contribution in [0.5, 0.6) is 11.5 Å². The van der Waals surface area contributed by atoms with Crippen molar-refractivity contribution in [1.29, 1.82) is 0 Å². The highest BCUT2D eigenvalue weighted by molar-refractivity contribution is 5.82. The van der Waals surface area contributed by atoms with Gasteiger partial charge in [0.15, 0.2) is 17.3 Å². The van der Waals surface area contributed by atoms with E-state index in [1.807, 2.05) is 12.1 Å². The molecular weight excluding hydrogens is 234 g/mol. The van der Waals surface area contributed by atoms with Crippen molar-refractivity contribution < 1.29 is 9.47 Å². The molecule has 0 spiro atoms. The van der Waals surface area contributed by atoms with Crippen LogP contribution in [0.4, 0.5) is 0 Å². The minimum Gasteiger partial charge on any atom is -0.486 e. The lowest BCUT2D eigenvalue weighted by molar-refractivity contribution is 0.172. The molecule has 0 saturated heterocycles. The average Bonchev–Trinajstić information content (AvgIpc) is 3.04. The van der Waals surface area contributed by atoms with Crippen molar-refractivity contribution in [1.82, 2.24) is 25.4 Å². The largest absolute Gasteiger partial charge is 0.486 e. The molecule has 7 nitrogen and oxygen atoms in total. The summed E-state index contributed by atoms with van der Waals surface area (Å²) in [5, 5.41) is 10.3. The van der Waals surface area contributed by atoms with E-state index in [0.29, 0.717) is 24.7 Å². The van der Waals surface area contributed by atoms with E-state index >= 15 is 0 Å². The summed E-state index contributed by atoms with van der Waals surface area (Å²) < 4.78 is 11.0. The molecule has 3 heterocycles. The van der Waals surface area contributed by atoms with Crippen molar-refractivity contribution in [2.75, 3.05) is 13.2 Å². The number of hydrogen-bond acceptors (Lipinski definition) is 5. The Morgan fingerprint density at radius 1 is 1.11 bits per heavy atom. The van der Waals surface area contributed by atoms with E-state index in [0.717, 1.165) is 22.5 Å². The van der Waals surface area contributed by atoms with Gasteiger partial charge in [-0.1, -0.05) is 0 Å². The van der Waals surface area contributed by atoms with Gasteiger partial charge in [0.1, 0.15) is 18.9 Å². The number of rotatable bonds is 1. The van der Waals surface area contributed by atoms with Gasteiger partial charge >= 0.3 is 0 Å². The molecule has 4 rings (SSSR count). The number of ether oxygens (including phenoxy) is 2. The number of H-pyrrole nitrogens is 2. The zero-order chi connectivity index (χ0) is 11.9. The second-order valence-corrected chi connectivity index (χ2v) is 3.95. The molecule has 0 amide bonds. The number of hydrogen-bond donors (Lipinski definition) is 2. The van der Waals surface area contributed by atoms with Crippen LogP contribution in [0, 0.1) is 0 Å². The summed E-state index contributed by atoms with van der Waals surface area (Å²) in [7, 11) is 0. The molecule has 7 heteroatoms. The molecule has 0 radical (unpaired) electrons. The maximum atomic E-state index is 5.52. The van der Waals surface area contributed by atoms with Crippen LogP contribution in [0.15, 0.2) is 18.3 Å². The Bertz CT molecular complexity index is 661. The minimum atomic E-state index is 0.569. The van der Waals surface area contributed by atoms with Crippen LogP contribution in [0.25, 0.3) is 22.6 Å². The Hall–Kier alpha value is -2.57. The molecule has 0 aliphatic carbocycles. The summed E-state index contributed by atoms with van der Waals surface area (Å²) in [5.74, 6) is 2.14. The Balaban J connectivity index is 1.90. The molecule has 90 valence electrons. The zero-order valence-corrected chi connectivity index (χ0v) is 9.30. The third-order valence-electron chi connectivity index (χ3n) is 2.80. The van der Waals surface area contributed by atoms with E-state index in [4.69, 9.17) is 9.47 Å². The second-order valence-electron chi connectivity index (χ2n) is 3.95. The Morgan fingerprint density at radius 3 is 2.72 bits per heavy atom. The third-order valence-corrected chi connectivity index (χ3v) is 2.80. The highest BCUT2D eigenvalue weighted by Gasteiger charge is 2.15. The van der Waals surface area contributed by atoms with E-state index < -0.39 is 0 Å². The molecule has 1 aromatic carbocycles. The maximum absolute atomic E-state index is 5.52. The Kier molecular flexibility index (Phi) is 1.82. The van der Waals surface area contributed by atoms with Gasteiger partial charge in [0.25, 0.3) is 0 Å². The first kappa shape index (κ1) is 9.46. The fraction of sp³-hybridized carbons (Fsp3) is 0.182. The maximum Gasteiger partial charge on any atom is 0.163 e. The van der Waals surface area contributed by atoms with Crippen molar-refractivity contribution in [3.05, 3.63) is 18.3 Å². The third kappa shape index (κ3) is 1.33. The standard InChI is InChI=1S/C11H9N5O2/c1-2-18-10-4-7-6(3-9(10)17-1)13-11(14-7)8-5-12-16-15-8/h3-5H,1-2H2,(H,13,14)(H,12,15,16). The molecule has 0 fully saturated rings. The van der Waals surface area contributed by atoms with Crippen LogP contribution in [0.1, 0.15) is 0 Å². The van der Waals surface area contributed by atoms with E-state index in [-0.39, 0.29) is 0 Å². The fourth-order valence-electron chi connectivity index (χ4n) is 1.98. The first-order valence-electron chi connectivity index (χ1n) is 5.56. The molecule has 1 aliphatic heterocycles. The lowest BCUT2D eigenvalue weighted by atomic mass is 10.2. The Labute approximate surface area is 101 Å². The first-order chi connectivity index (χ1) is 8.90. The van der Waals surface area contributed by atoms with Gasteiger partial charge in [0.2, 0.25) is 0 Å². The van der Waals surface area contributed by atoms with Crippen molar-refractivity contribution in [2.24, 2.45) is 0 Å². The smallest absolute Gasteiger partial charge is 0.163 e. The van der Waals surface area contributed by atoms with Gasteiger partial charge in [-0.05, 0) is 0 Å². The monoisotopic (exact) mass is 243 g/mol. The summed E-state index contributed by atoms with van der Waals surface area (Å²) >= 11 is 0. The first-order valence-corrected chi connectivity index (χ1v) is 5.56. The SMILES string of the molecule is c1n[nH]nc1-c1nc2cc3c(cc2[nH]1)OCCO3. The van der Waals surface area contributed by atoms with Crippen molar-refractivity contribution >= 4 is 11.0 Å². The van der Waals surface area contributed by atoms with E-state index in [1.165, 1.54) is 0 Å². The van der Waals surface area contributed by atoms with Gasteiger partial charge in [-0.3, -0.25) is 0 Å². The number of aromatic nitrogens is 5. The van der Waals surface area contributed by atoms with Crippen LogP contribution in [-0.4, -0.2) is 38.6 Å². The lowest BCUT2D eigenvalue weighted by Crippen LogP contribution is -2.15. The van der Waals surface area contributed by atoms with Gasteiger partial charge in [-0.25, -0.2) is 4.98 Å². The van der Waals surface area contributed by atoms with Gasteiger partial charge in [0, 0.05) is 12.1 Å². The van der Waals surface area contributed by atoms with Crippen molar-refractivity contribution in [2.45, 2.75) is 0 Å². The molecular formula is C11H9N5O2. The number of fused-ring (bicyclic) bond motifs is 2. The molecule has 18 heavy (non-hydrogen) atoms. The van der Waals surface area contributed by atoms with E-state index in [2.05, 4.69) is 25.4 Å². The summed E-state index contributed by atoms with van der Waals surface area (Å²) in [4.78, 5) is 7.63. The predicted octanol–water partition coefficient (Wildman–Crippen LogP) is 1.12. The molecule has 0 atom stereocenters. The molecule has 3 aromatic rings. The number of aromatic amines is 2. The summed E-state index contributed by atoms with van der Waals surface area (Å²) in [6.45, 7) is 1.14. The Morgan fingerprint density at radius 2 is 1.94 bits per heavy atom. The van der Waals surface area contributed by atoms with Gasteiger partial charge in [-0.15, -0.1) is 0 Å². The number of nitrogens with one attached hydrogen (secondary N) is 2. The van der Waals surface area contributed by atoms with Gasteiger partial charge < -0.3 is 14.5 Å². The summed E-state index contributed by atoms with van der Waals surface area (Å²) in [5.41, 5.74) is 2.38. The fourth-order valence-corrected chi connectivity index (χ4v) is 1.98. The topological polar surface area (TPSA) is 88.7 Å². The number of nitrogens with zero attached hydrogens (tertiary/aromatic N) is 3. The normalized spacial score (nSPS) is 14.0. The minimum absolute atomic E-state index is 0.569. The molecule has 1 aliphatic rings. The van der Waals surface area contributed by atoms with Crippen LogP contribution in [0.3, 0.4) is 0 Å². The van der Waals surface area contributed by atoms with Crippen LogP contribution < -0.4 is 9.47 Å². The summed E-state index contributed by atoms with van der Waals surface area (Å²) in [6, 6.07) is 3.75. The zero-order valence-electron chi connectivity index (χ0n) is 9.30. The molecule has 2 aromatic heterocycles. The van der Waals surface area contributed by atoms with Crippen LogP contribution in [-0.2, 0) is 0 Å². The van der Waals surface area contributed by atoms with Gasteiger partial charge in [0.05, 0.1) is 17.2 Å². The second kappa shape index (κ2) is 3.46. The average molecular weight is 243 g/mol. The summed E-state index contributed by atoms with van der Waals surface area (Å²) in [6.07, 6.45) is 1.62. The van der Waals surface area contributed by atoms with Crippen LogP contribution >= 0.6 is 0 Å². The predicted molar refractivity (Wildman–Crippen MR) is 62.5 cm³/mol. The number of benzene rings is 1. The lowest BCUT2D eigenvalue weighted by Gasteiger charge is -2.17. The van der Waals surface area contributed by atoms with Crippen molar-refractivity contribution in [3.8, 4) is 23.0 Å². The quantitative estimate of drug-likeness (QED) is 0.668. The molecule has 2 N–H and O–H groups in total. The van der Waals surface area contributed by atoms with Gasteiger partial charge in [-0.2, -0.15) is 15.4 Å². The number of imidazole rings is 1. The molecule has 0 saturated carbocycles. The van der Waals surface area contributed by atoms with E-state index in [9.17, 15) is 0 Å². The van der Waals surface area contributed by atoms with Crippen LogP contribution in [0.2, 0.25) is 0 Å². The van der Waals surface area contributed by atoms with E-state index in [1.54, 1.807) is 6.20 Å². The highest BCUT2D eigenvalue weighted by atomic mass is 16.6.